The number of aryl methyl sites for hydroxylation is 1. The molecule has 11 heteroatoms. The van der Waals surface area contributed by atoms with Crippen molar-refractivity contribution in [3.05, 3.63) is 92.3 Å². The van der Waals surface area contributed by atoms with Crippen LogP contribution in [0.5, 0.6) is 5.75 Å². The van der Waals surface area contributed by atoms with Gasteiger partial charge in [-0.2, -0.15) is 0 Å². The maximum absolute atomic E-state index is 12.8. The summed E-state index contributed by atoms with van der Waals surface area (Å²) in [5.74, 6) is 0.0947. The minimum atomic E-state index is -3.83. The lowest BCUT2D eigenvalue weighted by atomic mass is 10.2. The molecule has 0 aliphatic rings. The Hall–Kier alpha value is -2.95. The number of halogens is 2. The number of nitrogens with zero attached hydrogens (tertiary/aromatic N) is 2. The number of nitrogens with one attached hydrogen (secondary N) is 1. The Labute approximate surface area is 229 Å². The maximum atomic E-state index is 12.8. The Morgan fingerprint density at radius 3 is 2.62 bits per heavy atom. The number of anilines is 1. The van der Waals surface area contributed by atoms with E-state index in [2.05, 4.69) is 9.71 Å². The van der Waals surface area contributed by atoms with Gasteiger partial charge in [-0.1, -0.05) is 59.6 Å². The first-order valence-corrected chi connectivity index (χ1v) is 14.2. The van der Waals surface area contributed by atoms with Crippen LogP contribution in [-0.4, -0.2) is 32.9 Å². The number of amides is 1. The largest absolute Gasteiger partial charge is 0.486 e. The zero-order valence-corrected chi connectivity index (χ0v) is 23.1. The minimum absolute atomic E-state index is 0.0557. The number of hydrogen-bond donors (Lipinski definition) is 1. The van der Waals surface area contributed by atoms with Crippen LogP contribution in [0, 0.1) is 6.92 Å². The first-order valence-electron chi connectivity index (χ1n) is 11.1. The second-order valence-electron chi connectivity index (χ2n) is 8.02. The zero-order valence-electron chi connectivity index (χ0n) is 19.9. The average molecular weight is 577 g/mol. The fraction of sp³-hybridized carbons (Fsp3) is 0.154. The number of fused-ring (bicyclic) bond motifs is 1. The van der Waals surface area contributed by atoms with Crippen molar-refractivity contribution in [1.29, 1.82) is 0 Å². The molecule has 4 aromatic rings. The molecule has 3 aromatic carbocycles. The van der Waals surface area contributed by atoms with Gasteiger partial charge in [0.05, 0.1) is 27.0 Å². The fourth-order valence-electron chi connectivity index (χ4n) is 3.47. The van der Waals surface area contributed by atoms with Gasteiger partial charge in [-0.3, -0.25) is 4.79 Å². The first kappa shape index (κ1) is 27.1. The van der Waals surface area contributed by atoms with Gasteiger partial charge in [-0.05, 0) is 42.8 Å². The van der Waals surface area contributed by atoms with Gasteiger partial charge in [0.25, 0.3) is 0 Å². The first-order chi connectivity index (χ1) is 17.6. The van der Waals surface area contributed by atoms with Crippen molar-refractivity contribution in [2.75, 3.05) is 18.5 Å². The Morgan fingerprint density at radius 1 is 1.11 bits per heavy atom. The summed E-state index contributed by atoms with van der Waals surface area (Å²) in [6, 6.07) is 17.9. The van der Waals surface area contributed by atoms with Crippen LogP contribution >= 0.6 is 34.5 Å². The lowest BCUT2D eigenvalue weighted by molar-refractivity contribution is -0.117. The number of carbonyl (C=O) groups excluding carboxylic acids is 1. The van der Waals surface area contributed by atoms with Crippen molar-refractivity contribution in [2.45, 2.75) is 13.5 Å². The number of ether oxygens (including phenoxy) is 1. The molecule has 0 saturated heterocycles. The number of thiazole rings is 1. The van der Waals surface area contributed by atoms with E-state index in [1.807, 2.05) is 31.2 Å². The van der Waals surface area contributed by atoms with Crippen LogP contribution < -0.4 is 14.4 Å². The number of rotatable bonds is 9. The third-order valence-electron chi connectivity index (χ3n) is 5.43. The molecule has 0 atom stereocenters. The summed E-state index contributed by atoms with van der Waals surface area (Å²) in [7, 11) is -2.32. The smallest absolute Gasteiger partial charge is 0.241 e. The van der Waals surface area contributed by atoms with Crippen LogP contribution in [0.1, 0.15) is 16.1 Å². The molecule has 1 aromatic heterocycles. The molecule has 0 radical (unpaired) electrons. The predicted octanol–water partition coefficient (Wildman–Crippen LogP) is 6.04. The fourth-order valence-corrected chi connectivity index (χ4v) is 5.68. The number of carbonyl (C=O) groups is 1. The Morgan fingerprint density at radius 2 is 1.86 bits per heavy atom. The molecule has 1 heterocycles. The van der Waals surface area contributed by atoms with Crippen LogP contribution in [0.25, 0.3) is 16.3 Å². The third-order valence-corrected chi connectivity index (χ3v) is 8.18. The summed E-state index contributed by atoms with van der Waals surface area (Å²) in [6.07, 6.45) is 1.45. The van der Waals surface area contributed by atoms with Crippen molar-refractivity contribution in [2.24, 2.45) is 0 Å². The lowest BCUT2D eigenvalue weighted by Crippen LogP contribution is -2.37. The molecule has 7 nitrogen and oxygen atoms in total. The van der Waals surface area contributed by atoms with Gasteiger partial charge < -0.3 is 9.64 Å². The quantitative estimate of drug-likeness (QED) is 0.262. The van der Waals surface area contributed by atoms with Gasteiger partial charge in [0, 0.05) is 23.0 Å². The van der Waals surface area contributed by atoms with Crippen molar-refractivity contribution < 1.29 is 17.9 Å². The van der Waals surface area contributed by atoms with Crippen molar-refractivity contribution in [1.82, 2.24) is 9.71 Å². The number of likely N-dealkylation sites (N-methyl/N-ethyl adjacent to an activating group) is 1. The zero-order chi connectivity index (χ0) is 26.6. The normalized spacial score (nSPS) is 11.8. The predicted molar refractivity (Wildman–Crippen MR) is 151 cm³/mol. The summed E-state index contributed by atoms with van der Waals surface area (Å²) >= 11 is 14.6. The molecule has 192 valence electrons. The number of sulfonamides is 1. The Balaban J connectivity index is 1.45. The molecular formula is C26H23Cl2N3O4S2. The molecule has 37 heavy (non-hydrogen) atoms. The highest BCUT2D eigenvalue weighted by Crippen LogP contribution is 2.36. The topological polar surface area (TPSA) is 88.6 Å². The van der Waals surface area contributed by atoms with Gasteiger partial charge in [0.15, 0.2) is 0 Å². The van der Waals surface area contributed by atoms with Crippen LogP contribution in [0.2, 0.25) is 10.0 Å². The van der Waals surface area contributed by atoms with E-state index in [-0.39, 0.29) is 11.6 Å². The van der Waals surface area contributed by atoms with Gasteiger partial charge in [0.2, 0.25) is 15.9 Å². The molecule has 0 bridgehead atoms. The third kappa shape index (κ3) is 6.68. The van der Waals surface area contributed by atoms with Gasteiger partial charge in [-0.15, -0.1) is 11.3 Å². The number of para-hydroxylation sites is 1. The van der Waals surface area contributed by atoms with Crippen LogP contribution in [-0.2, 0) is 21.4 Å². The summed E-state index contributed by atoms with van der Waals surface area (Å²) in [5.41, 5.74) is 2.35. The number of aromatic nitrogens is 1. The molecule has 0 unspecified atom stereocenters. The van der Waals surface area contributed by atoms with E-state index < -0.39 is 22.5 Å². The summed E-state index contributed by atoms with van der Waals surface area (Å²) < 4.78 is 33.9. The van der Waals surface area contributed by atoms with E-state index in [1.54, 1.807) is 47.7 Å². The molecule has 0 aliphatic carbocycles. The van der Waals surface area contributed by atoms with E-state index in [0.29, 0.717) is 22.0 Å². The summed E-state index contributed by atoms with van der Waals surface area (Å²) in [4.78, 5) is 18.6. The summed E-state index contributed by atoms with van der Waals surface area (Å²) in [5, 5.41) is 2.56. The van der Waals surface area contributed by atoms with Gasteiger partial charge in [0.1, 0.15) is 17.9 Å². The molecule has 1 amide bonds. The number of benzene rings is 3. The van der Waals surface area contributed by atoms with E-state index in [0.717, 1.165) is 26.2 Å². The lowest BCUT2D eigenvalue weighted by Gasteiger charge is -2.21. The highest BCUT2D eigenvalue weighted by molar-refractivity contribution is 7.92. The highest BCUT2D eigenvalue weighted by atomic mass is 35.5. The Kier molecular flexibility index (Phi) is 8.51. The second kappa shape index (κ2) is 11.6. The van der Waals surface area contributed by atoms with Gasteiger partial charge in [-0.25, -0.2) is 18.1 Å². The maximum Gasteiger partial charge on any atom is 0.241 e. The van der Waals surface area contributed by atoms with Crippen LogP contribution in [0.15, 0.2) is 66.1 Å². The molecule has 0 aliphatic heterocycles. The summed E-state index contributed by atoms with van der Waals surface area (Å²) in [6.45, 7) is 1.53. The molecular weight excluding hydrogens is 553 g/mol. The highest BCUT2D eigenvalue weighted by Gasteiger charge is 2.20. The standard InChI is InChI=1S/C26H23Cl2N3O4S2/c1-17-30-26-22(9-6-10-23(26)36-17)35-16-19-20(27)11-12-21(25(19)28)31(2)24(32)15-29-37(33,34)14-13-18-7-4-3-5-8-18/h3-14,29H,15-16H2,1-2H3/b14-13+. The van der Waals surface area contributed by atoms with Crippen LogP contribution in [0.4, 0.5) is 5.69 Å². The Bertz CT molecular complexity index is 1570. The van der Waals surface area contributed by atoms with Crippen molar-refractivity contribution >= 4 is 72.4 Å². The van der Waals surface area contributed by atoms with Crippen LogP contribution in [0.3, 0.4) is 0 Å². The van der Waals surface area contributed by atoms with Crippen molar-refractivity contribution in [3.63, 3.8) is 0 Å². The van der Waals surface area contributed by atoms with E-state index in [4.69, 9.17) is 27.9 Å². The van der Waals surface area contributed by atoms with Crippen molar-refractivity contribution in [3.8, 4) is 5.75 Å². The molecule has 0 saturated carbocycles. The van der Waals surface area contributed by atoms with E-state index in [1.165, 1.54) is 18.0 Å². The van der Waals surface area contributed by atoms with E-state index >= 15 is 0 Å². The SMILES string of the molecule is Cc1nc2c(OCc3c(Cl)ccc(N(C)C(=O)CNS(=O)(=O)/C=C/c4ccccc4)c3Cl)cccc2s1. The molecule has 0 fully saturated rings. The molecule has 4 rings (SSSR count). The molecule has 0 spiro atoms. The van der Waals surface area contributed by atoms with Gasteiger partial charge >= 0.3 is 0 Å². The molecule has 1 N–H and O–H groups in total. The second-order valence-corrected chi connectivity index (χ2v) is 11.7. The average Bonchev–Trinajstić information content (AvgIpc) is 3.27. The minimum Gasteiger partial charge on any atom is -0.486 e. The van der Waals surface area contributed by atoms with E-state index in [9.17, 15) is 13.2 Å². The monoisotopic (exact) mass is 575 g/mol. The number of hydrogen-bond acceptors (Lipinski definition) is 6.